The van der Waals surface area contributed by atoms with Crippen LogP contribution in [0.15, 0.2) is 39.9 Å². The number of hydrogen-bond acceptors (Lipinski definition) is 6. The first kappa shape index (κ1) is 19.0. The van der Waals surface area contributed by atoms with Gasteiger partial charge in [0.25, 0.3) is 5.91 Å². The Labute approximate surface area is 165 Å². The lowest BCUT2D eigenvalue weighted by molar-refractivity contribution is 0.0954. The molecule has 0 aliphatic carbocycles. The predicted molar refractivity (Wildman–Crippen MR) is 104 cm³/mol. The van der Waals surface area contributed by atoms with E-state index < -0.39 is 0 Å². The fourth-order valence-corrected chi connectivity index (χ4v) is 3.05. The molecule has 0 fully saturated rings. The Morgan fingerprint density at radius 2 is 1.96 bits per heavy atom. The number of hydrogen-bond donors (Lipinski definition) is 1. The number of rotatable bonds is 7. The first-order valence-electron chi connectivity index (χ1n) is 8.44. The van der Waals surface area contributed by atoms with Gasteiger partial charge in [-0.1, -0.05) is 0 Å². The molecule has 1 amide bonds. The lowest BCUT2D eigenvalue weighted by Gasteiger charge is -2.13. The summed E-state index contributed by atoms with van der Waals surface area (Å²) in [6.07, 6.45) is 1.54. The van der Waals surface area contributed by atoms with Crippen LogP contribution in [0.3, 0.4) is 0 Å². The van der Waals surface area contributed by atoms with Crippen LogP contribution in [0.4, 0.5) is 0 Å². The molecular formula is C19H19BrN2O5. The Morgan fingerprint density at radius 3 is 2.74 bits per heavy atom. The molecule has 0 radical (unpaired) electrons. The van der Waals surface area contributed by atoms with E-state index in [1.807, 2.05) is 19.9 Å². The van der Waals surface area contributed by atoms with Crippen molar-refractivity contribution in [2.75, 3.05) is 20.0 Å². The van der Waals surface area contributed by atoms with Gasteiger partial charge in [-0.3, -0.25) is 4.79 Å². The van der Waals surface area contributed by atoms with Gasteiger partial charge in [0, 0.05) is 5.56 Å². The van der Waals surface area contributed by atoms with Gasteiger partial charge in [-0.15, -0.1) is 0 Å². The minimum Gasteiger partial charge on any atom is -0.490 e. The Balaban J connectivity index is 1.71. The summed E-state index contributed by atoms with van der Waals surface area (Å²) in [4.78, 5) is 12.2. The van der Waals surface area contributed by atoms with E-state index >= 15 is 0 Å². The van der Waals surface area contributed by atoms with E-state index in [4.69, 9.17) is 18.9 Å². The van der Waals surface area contributed by atoms with Gasteiger partial charge in [0.05, 0.1) is 23.9 Å². The highest BCUT2D eigenvalue weighted by atomic mass is 79.9. The zero-order valence-electron chi connectivity index (χ0n) is 15.0. The van der Waals surface area contributed by atoms with Crippen molar-refractivity contribution in [1.82, 2.24) is 5.43 Å². The van der Waals surface area contributed by atoms with Gasteiger partial charge in [-0.25, -0.2) is 5.43 Å². The average molecular weight is 435 g/mol. The summed E-state index contributed by atoms with van der Waals surface area (Å²) < 4.78 is 22.5. The maximum Gasteiger partial charge on any atom is 0.271 e. The Bertz CT molecular complexity index is 869. The minimum atomic E-state index is -0.348. The smallest absolute Gasteiger partial charge is 0.271 e. The molecule has 1 aliphatic rings. The number of ether oxygens (including phenoxy) is 4. The molecule has 3 rings (SSSR count). The fraction of sp³-hybridized carbons (Fsp3) is 0.263. The molecule has 2 aromatic carbocycles. The van der Waals surface area contributed by atoms with Gasteiger partial charge in [0.2, 0.25) is 6.79 Å². The van der Waals surface area contributed by atoms with Crippen LogP contribution in [0, 0.1) is 0 Å². The van der Waals surface area contributed by atoms with Crippen LogP contribution in [0.25, 0.3) is 0 Å². The Kier molecular flexibility index (Phi) is 6.18. The molecule has 1 N–H and O–H groups in total. The van der Waals surface area contributed by atoms with Crippen LogP contribution in [-0.2, 0) is 0 Å². The highest BCUT2D eigenvalue weighted by molar-refractivity contribution is 9.10. The molecule has 1 aliphatic heterocycles. The van der Waals surface area contributed by atoms with Crippen LogP contribution in [0.2, 0.25) is 0 Å². The normalized spacial score (nSPS) is 12.3. The van der Waals surface area contributed by atoms with E-state index in [2.05, 4.69) is 26.5 Å². The van der Waals surface area contributed by atoms with Crippen LogP contribution < -0.4 is 24.4 Å². The quantitative estimate of drug-likeness (QED) is 0.530. The van der Waals surface area contributed by atoms with E-state index in [0.717, 1.165) is 10.0 Å². The van der Waals surface area contributed by atoms with Crippen molar-refractivity contribution in [2.24, 2.45) is 5.10 Å². The lowest BCUT2D eigenvalue weighted by atomic mass is 10.2. The molecule has 0 bridgehead atoms. The molecule has 0 unspecified atom stereocenters. The van der Waals surface area contributed by atoms with E-state index in [-0.39, 0.29) is 12.7 Å². The van der Waals surface area contributed by atoms with Crippen LogP contribution in [0.5, 0.6) is 23.0 Å². The average Bonchev–Trinajstić information content (AvgIpc) is 3.12. The van der Waals surface area contributed by atoms with Gasteiger partial charge in [0.1, 0.15) is 0 Å². The van der Waals surface area contributed by atoms with Crippen molar-refractivity contribution >= 4 is 28.1 Å². The zero-order valence-corrected chi connectivity index (χ0v) is 16.5. The number of carbonyl (C=O) groups is 1. The van der Waals surface area contributed by atoms with Gasteiger partial charge in [0.15, 0.2) is 23.0 Å². The summed E-state index contributed by atoms with van der Waals surface area (Å²) in [5.41, 5.74) is 3.68. The molecular weight excluding hydrogens is 416 g/mol. The topological polar surface area (TPSA) is 78.4 Å². The van der Waals surface area contributed by atoms with Crippen LogP contribution in [0.1, 0.15) is 29.8 Å². The molecule has 142 valence electrons. The zero-order chi connectivity index (χ0) is 19.2. The van der Waals surface area contributed by atoms with Gasteiger partial charge < -0.3 is 18.9 Å². The van der Waals surface area contributed by atoms with E-state index in [1.165, 1.54) is 6.21 Å². The van der Waals surface area contributed by atoms with E-state index in [0.29, 0.717) is 41.8 Å². The van der Waals surface area contributed by atoms with Crippen molar-refractivity contribution in [3.05, 3.63) is 45.9 Å². The number of amides is 1. The molecule has 0 saturated carbocycles. The lowest BCUT2D eigenvalue weighted by Crippen LogP contribution is -2.17. The summed E-state index contributed by atoms with van der Waals surface area (Å²) in [5.74, 6) is 2.07. The highest BCUT2D eigenvalue weighted by Gasteiger charge is 2.16. The third-order valence-corrected chi connectivity index (χ3v) is 4.22. The van der Waals surface area contributed by atoms with Crippen molar-refractivity contribution in [3.63, 3.8) is 0 Å². The van der Waals surface area contributed by atoms with Crippen LogP contribution in [-0.4, -0.2) is 32.1 Å². The van der Waals surface area contributed by atoms with E-state index in [1.54, 1.807) is 24.3 Å². The molecule has 0 spiro atoms. The van der Waals surface area contributed by atoms with Crippen LogP contribution >= 0.6 is 15.9 Å². The number of benzene rings is 2. The molecule has 1 heterocycles. The summed E-state index contributed by atoms with van der Waals surface area (Å²) >= 11 is 3.48. The molecule has 27 heavy (non-hydrogen) atoms. The summed E-state index contributed by atoms with van der Waals surface area (Å²) in [6, 6.07) is 8.60. The Hall–Kier alpha value is -2.74. The Morgan fingerprint density at radius 1 is 1.19 bits per heavy atom. The van der Waals surface area contributed by atoms with Crippen molar-refractivity contribution in [1.29, 1.82) is 0 Å². The van der Waals surface area contributed by atoms with Crippen molar-refractivity contribution in [2.45, 2.75) is 13.8 Å². The largest absolute Gasteiger partial charge is 0.490 e. The van der Waals surface area contributed by atoms with Gasteiger partial charge in [-0.05, 0) is 65.7 Å². The van der Waals surface area contributed by atoms with Gasteiger partial charge in [-0.2, -0.15) is 5.10 Å². The highest BCUT2D eigenvalue weighted by Crippen LogP contribution is 2.36. The van der Waals surface area contributed by atoms with Gasteiger partial charge >= 0.3 is 0 Å². The molecule has 2 aromatic rings. The molecule has 7 nitrogen and oxygen atoms in total. The molecule has 0 atom stereocenters. The summed E-state index contributed by atoms with van der Waals surface area (Å²) in [6.45, 7) is 5.00. The molecule has 0 saturated heterocycles. The number of carbonyl (C=O) groups excluding carboxylic acids is 1. The number of halogens is 1. The number of nitrogens with one attached hydrogen (secondary N) is 1. The second-order valence-corrected chi connectivity index (χ2v) is 6.32. The number of nitrogens with zero attached hydrogens (tertiary/aromatic N) is 1. The first-order chi connectivity index (χ1) is 13.1. The maximum atomic E-state index is 12.2. The monoisotopic (exact) mass is 434 g/mol. The third kappa shape index (κ3) is 4.51. The van der Waals surface area contributed by atoms with Crippen molar-refractivity contribution in [3.8, 4) is 23.0 Å². The number of fused-ring (bicyclic) bond motifs is 1. The van der Waals surface area contributed by atoms with Crippen molar-refractivity contribution < 1.29 is 23.7 Å². The predicted octanol–water partition coefficient (Wildman–Crippen LogP) is 3.74. The maximum absolute atomic E-state index is 12.2. The molecule has 0 aromatic heterocycles. The first-order valence-corrected chi connectivity index (χ1v) is 9.23. The van der Waals surface area contributed by atoms with E-state index in [9.17, 15) is 4.79 Å². The standard InChI is InChI=1S/C19H19BrN2O5/c1-3-24-17-8-12(7-14(20)18(17)25-4-2)10-21-22-19(23)13-5-6-15-16(9-13)27-11-26-15/h5-10H,3-4,11H2,1-2H3,(H,22,23)/b21-10-. The second-order valence-electron chi connectivity index (χ2n) is 5.46. The minimum absolute atomic E-state index is 0.160. The number of hydrazone groups is 1. The fourth-order valence-electron chi connectivity index (χ4n) is 2.48. The SMILES string of the molecule is CCOc1cc(/C=N\NC(=O)c2ccc3c(c2)OCO3)cc(Br)c1OCC. The molecule has 8 heteroatoms. The second kappa shape index (κ2) is 8.77. The summed E-state index contributed by atoms with van der Waals surface area (Å²) in [5, 5.41) is 4.02. The summed E-state index contributed by atoms with van der Waals surface area (Å²) in [7, 11) is 0. The third-order valence-electron chi connectivity index (χ3n) is 3.63.